The van der Waals surface area contributed by atoms with Crippen molar-refractivity contribution >= 4 is 11.8 Å². The molecule has 96 valence electrons. The van der Waals surface area contributed by atoms with Gasteiger partial charge in [0, 0.05) is 25.3 Å². The molecule has 0 radical (unpaired) electrons. The molecule has 0 amide bonds. The summed E-state index contributed by atoms with van der Waals surface area (Å²) in [6.07, 6.45) is 6.82. The first-order chi connectivity index (χ1) is 9.22. The number of allylic oxidation sites excluding steroid dienone is 2. The molecule has 0 N–H and O–H groups in total. The molecule has 0 aliphatic carbocycles. The summed E-state index contributed by atoms with van der Waals surface area (Å²) in [6, 6.07) is 8.02. The molecule has 0 aliphatic rings. The zero-order valence-corrected chi connectivity index (χ0v) is 11.1. The lowest BCUT2D eigenvalue weighted by atomic mass is 10.1. The molecular weight excluding hydrogens is 236 g/mol. The molecule has 0 unspecified atom stereocenters. The van der Waals surface area contributed by atoms with Crippen molar-refractivity contribution in [1.29, 1.82) is 0 Å². The van der Waals surface area contributed by atoms with Gasteiger partial charge in [-0.1, -0.05) is 30.9 Å². The average molecular weight is 252 g/mol. The second-order valence-electron chi connectivity index (χ2n) is 4.17. The predicted octanol–water partition coefficient (Wildman–Crippen LogP) is 2.80. The third kappa shape index (κ3) is 3.04. The summed E-state index contributed by atoms with van der Waals surface area (Å²) in [5.41, 5.74) is 2.07. The SMILES string of the molecule is C=CC=Cc1ncnc(-c2ccccc2N(C)C)n1. The fourth-order valence-corrected chi connectivity index (χ4v) is 1.73. The molecule has 0 atom stereocenters. The number of hydrogen-bond acceptors (Lipinski definition) is 4. The molecule has 0 aliphatic heterocycles. The van der Waals surface area contributed by atoms with Crippen molar-refractivity contribution in [3.63, 3.8) is 0 Å². The number of hydrogen-bond donors (Lipinski definition) is 0. The van der Waals surface area contributed by atoms with E-state index in [2.05, 4.69) is 21.5 Å². The van der Waals surface area contributed by atoms with Crippen LogP contribution in [0.15, 0.2) is 49.3 Å². The van der Waals surface area contributed by atoms with Gasteiger partial charge in [-0.05, 0) is 18.2 Å². The van der Waals surface area contributed by atoms with E-state index < -0.39 is 0 Å². The number of anilines is 1. The minimum absolute atomic E-state index is 0.624. The smallest absolute Gasteiger partial charge is 0.165 e. The molecule has 0 saturated carbocycles. The Hall–Kier alpha value is -2.49. The Balaban J connectivity index is 2.47. The maximum absolute atomic E-state index is 4.44. The van der Waals surface area contributed by atoms with Crippen LogP contribution in [0.25, 0.3) is 17.5 Å². The Morgan fingerprint density at radius 3 is 2.68 bits per heavy atom. The highest BCUT2D eigenvalue weighted by Crippen LogP contribution is 2.26. The van der Waals surface area contributed by atoms with E-state index in [1.807, 2.05) is 43.3 Å². The Kier molecular flexibility index (Phi) is 4.03. The summed E-state index contributed by atoms with van der Waals surface area (Å²) in [6.45, 7) is 3.63. The maximum atomic E-state index is 4.44. The van der Waals surface area contributed by atoms with Gasteiger partial charge in [0.05, 0.1) is 0 Å². The molecule has 0 spiro atoms. The first-order valence-electron chi connectivity index (χ1n) is 5.97. The number of para-hydroxylation sites is 1. The van der Waals surface area contributed by atoms with E-state index >= 15 is 0 Å². The molecule has 1 aromatic carbocycles. The van der Waals surface area contributed by atoms with Gasteiger partial charge in [-0.25, -0.2) is 15.0 Å². The molecule has 0 saturated heterocycles. The van der Waals surface area contributed by atoms with Gasteiger partial charge in [-0.3, -0.25) is 0 Å². The maximum Gasteiger partial charge on any atom is 0.165 e. The van der Waals surface area contributed by atoms with Crippen molar-refractivity contribution < 1.29 is 0 Å². The molecule has 19 heavy (non-hydrogen) atoms. The quantitative estimate of drug-likeness (QED) is 0.785. The van der Waals surface area contributed by atoms with Crippen LogP contribution < -0.4 is 4.90 Å². The van der Waals surface area contributed by atoms with Gasteiger partial charge in [-0.15, -0.1) is 0 Å². The van der Waals surface area contributed by atoms with Gasteiger partial charge in [0.25, 0.3) is 0 Å². The first-order valence-corrected chi connectivity index (χ1v) is 5.97. The Labute approximate surface area is 113 Å². The van der Waals surface area contributed by atoms with E-state index in [1.165, 1.54) is 6.33 Å². The second-order valence-corrected chi connectivity index (χ2v) is 4.17. The third-order valence-electron chi connectivity index (χ3n) is 2.60. The monoisotopic (exact) mass is 252 g/mol. The fourth-order valence-electron chi connectivity index (χ4n) is 1.73. The normalized spacial score (nSPS) is 10.6. The molecule has 0 bridgehead atoms. The molecule has 1 heterocycles. The lowest BCUT2D eigenvalue weighted by Gasteiger charge is -2.16. The third-order valence-corrected chi connectivity index (χ3v) is 2.60. The van der Waals surface area contributed by atoms with Gasteiger partial charge < -0.3 is 4.90 Å². The number of aromatic nitrogens is 3. The first kappa shape index (κ1) is 13.0. The van der Waals surface area contributed by atoms with Crippen LogP contribution in [-0.4, -0.2) is 29.0 Å². The van der Waals surface area contributed by atoms with Crippen LogP contribution in [0.2, 0.25) is 0 Å². The molecular formula is C15H16N4. The number of rotatable bonds is 4. The molecule has 0 fully saturated rings. The number of benzene rings is 1. The van der Waals surface area contributed by atoms with Crippen LogP contribution in [0.1, 0.15) is 5.82 Å². The van der Waals surface area contributed by atoms with Crippen molar-refractivity contribution in [3.8, 4) is 11.4 Å². The topological polar surface area (TPSA) is 41.9 Å². The number of nitrogens with zero attached hydrogens (tertiary/aromatic N) is 4. The van der Waals surface area contributed by atoms with Crippen LogP contribution in [0, 0.1) is 0 Å². The highest BCUT2D eigenvalue weighted by molar-refractivity contribution is 5.74. The van der Waals surface area contributed by atoms with Gasteiger partial charge in [0.1, 0.15) is 6.33 Å². The van der Waals surface area contributed by atoms with Gasteiger partial charge in [0.15, 0.2) is 11.6 Å². The summed E-state index contributed by atoms with van der Waals surface area (Å²) in [5, 5.41) is 0. The lowest BCUT2D eigenvalue weighted by Crippen LogP contribution is -2.10. The minimum atomic E-state index is 0.624. The van der Waals surface area contributed by atoms with Crippen molar-refractivity contribution in [2.24, 2.45) is 0 Å². The van der Waals surface area contributed by atoms with Gasteiger partial charge in [-0.2, -0.15) is 0 Å². The zero-order valence-electron chi connectivity index (χ0n) is 11.1. The summed E-state index contributed by atoms with van der Waals surface area (Å²) < 4.78 is 0. The van der Waals surface area contributed by atoms with E-state index in [9.17, 15) is 0 Å². The van der Waals surface area contributed by atoms with Crippen LogP contribution in [0.3, 0.4) is 0 Å². The van der Waals surface area contributed by atoms with Crippen molar-refractivity contribution in [3.05, 3.63) is 55.1 Å². The van der Waals surface area contributed by atoms with E-state index in [1.54, 1.807) is 18.2 Å². The fraction of sp³-hybridized carbons (Fsp3) is 0.133. The Bertz CT molecular complexity index is 603. The van der Waals surface area contributed by atoms with Crippen LogP contribution >= 0.6 is 0 Å². The van der Waals surface area contributed by atoms with Crippen molar-refractivity contribution in [1.82, 2.24) is 15.0 Å². The molecule has 2 rings (SSSR count). The van der Waals surface area contributed by atoms with Crippen LogP contribution in [0.5, 0.6) is 0 Å². The van der Waals surface area contributed by atoms with E-state index in [-0.39, 0.29) is 0 Å². The largest absolute Gasteiger partial charge is 0.377 e. The summed E-state index contributed by atoms with van der Waals surface area (Å²) in [4.78, 5) is 14.8. The second kappa shape index (κ2) is 5.91. The summed E-state index contributed by atoms with van der Waals surface area (Å²) >= 11 is 0. The molecule has 2 aromatic rings. The zero-order chi connectivity index (χ0) is 13.7. The molecule has 1 aromatic heterocycles. The summed E-state index contributed by atoms with van der Waals surface area (Å²) in [7, 11) is 4.00. The molecule has 4 heteroatoms. The Morgan fingerprint density at radius 2 is 1.95 bits per heavy atom. The van der Waals surface area contributed by atoms with Gasteiger partial charge >= 0.3 is 0 Å². The van der Waals surface area contributed by atoms with E-state index in [4.69, 9.17) is 0 Å². The van der Waals surface area contributed by atoms with Crippen LogP contribution in [-0.2, 0) is 0 Å². The van der Waals surface area contributed by atoms with E-state index in [0.717, 1.165) is 11.3 Å². The Morgan fingerprint density at radius 1 is 1.16 bits per heavy atom. The van der Waals surface area contributed by atoms with Crippen LogP contribution in [0.4, 0.5) is 5.69 Å². The van der Waals surface area contributed by atoms with Crippen molar-refractivity contribution in [2.45, 2.75) is 0 Å². The lowest BCUT2D eigenvalue weighted by molar-refractivity contribution is 1.03. The molecule has 4 nitrogen and oxygen atoms in total. The van der Waals surface area contributed by atoms with Gasteiger partial charge in [0.2, 0.25) is 0 Å². The predicted molar refractivity (Wildman–Crippen MR) is 78.8 cm³/mol. The minimum Gasteiger partial charge on any atom is -0.377 e. The standard InChI is InChI=1S/C15H16N4/c1-4-5-10-14-16-11-17-15(18-14)12-8-6-7-9-13(12)19(2)3/h4-11H,1H2,2-3H3. The van der Waals surface area contributed by atoms with Crippen molar-refractivity contribution in [2.75, 3.05) is 19.0 Å². The highest BCUT2D eigenvalue weighted by Gasteiger charge is 2.09. The van der Waals surface area contributed by atoms with E-state index in [0.29, 0.717) is 11.6 Å². The summed E-state index contributed by atoms with van der Waals surface area (Å²) in [5.74, 6) is 1.29. The highest BCUT2D eigenvalue weighted by atomic mass is 15.1. The average Bonchev–Trinajstić information content (AvgIpc) is 2.45.